The zero-order valence-electron chi connectivity index (χ0n) is 9.45. The number of rotatable bonds is 4. The molecule has 1 aliphatic rings. The third-order valence-electron chi connectivity index (χ3n) is 2.95. The molecule has 0 radical (unpaired) electrons. The lowest BCUT2D eigenvalue weighted by atomic mass is 9.91. The number of thiophene rings is 1. The van der Waals surface area contributed by atoms with E-state index in [0.717, 1.165) is 26.2 Å². The van der Waals surface area contributed by atoms with Crippen molar-refractivity contribution in [1.82, 2.24) is 5.32 Å². The van der Waals surface area contributed by atoms with E-state index in [1.807, 2.05) is 11.3 Å². The Morgan fingerprint density at radius 2 is 2.47 bits per heavy atom. The first-order chi connectivity index (χ1) is 7.18. The molecule has 1 unspecified atom stereocenters. The van der Waals surface area contributed by atoms with Crippen LogP contribution in [0.4, 0.5) is 0 Å². The molecule has 0 saturated carbocycles. The van der Waals surface area contributed by atoms with E-state index in [2.05, 4.69) is 36.7 Å². The van der Waals surface area contributed by atoms with Crippen LogP contribution in [0, 0.1) is 0 Å². The predicted molar refractivity (Wildman–Crippen MR) is 64.6 cm³/mol. The molecule has 0 aromatic carbocycles. The molecule has 0 aliphatic carbocycles. The first kappa shape index (κ1) is 11.1. The van der Waals surface area contributed by atoms with E-state index in [1.165, 1.54) is 4.88 Å². The molecule has 2 nitrogen and oxygen atoms in total. The zero-order chi connectivity index (χ0) is 10.7. The average molecular weight is 225 g/mol. The van der Waals surface area contributed by atoms with Crippen LogP contribution in [0.25, 0.3) is 0 Å². The molecule has 0 spiro atoms. The molecule has 1 aliphatic heterocycles. The molecule has 1 atom stereocenters. The van der Waals surface area contributed by atoms with Gasteiger partial charge in [0.25, 0.3) is 0 Å². The highest BCUT2D eigenvalue weighted by molar-refractivity contribution is 7.10. The van der Waals surface area contributed by atoms with Crippen molar-refractivity contribution in [3.05, 3.63) is 22.4 Å². The van der Waals surface area contributed by atoms with Crippen LogP contribution >= 0.6 is 11.3 Å². The van der Waals surface area contributed by atoms with E-state index in [9.17, 15) is 0 Å². The summed E-state index contributed by atoms with van der Waals surface area (Å²) in [5.41, 5.74) is 0.233. The predicted octanol–water partition coefficient (Wildman–Crippen LogP) is 2.40. The quantitative estimate of drug-likeness (QED) is 0.849. The molecule has 1 aromatic rings. The Morgan fingerprint density at radius 3 is 3.07 bits per heavy atom. The smallest absolute Gasteiger partial charge is 0.0620 e. The van der Waals surface area contributed by atoms with Crippen molar-refractivity contribution >= 4 is 11.3 Å². The summed E-state index contributed by atoms with van der Waals surface area (Å²) >= 11 is 1.84. The fourth-order valence-corrected chi connectivity index (χ4v) is 2.70. The van der Waals surface area contributed by atoms with E-state index < -0.39 is 0 Å². The highest BCUT2D eigenvalue weighted by Gasteiger charge is 2.24. The molecule has 84 valence electrons. The van der Waals surface area contributed by atoms with E-state index >= 15 is 0 Å². The molecule has 0 bridgehead atoms. The maximum Gasteiger partial charge on any atom is 0.0620 e. The second-order valence-corrected chi connectivity index (χ2v) is 5.75. The summed E-state index contributed by atoms with van der Waals surface area (Å²) in [6, 6.07) is 4.90. The van der Waals surface area contributed by atoms with Crippen molar-refractivity contribution in [2.45, 2.75) is 31.7 Å². The second kappa shape index (κ2) is 4.64. The molecular weight excluding hydrogens is 206 g/mol. The Hall–Kier alpha value is -0.380. The van der Waals surface area contributed by atoms with Crippen LogP contribution in [0.2, 0.25) is 0 Å². The van der Waals surface area contributed by atoms with E-state index in [4.69, 9.17) is 4.74 Å². The summed E-state index contributed by atoms with van der Waals surface area (Å²) < 4.78 is 5.35. The molecule has 1 saturated heterocycles. The SMILES string of the molecule is CC(C)(CNC1CCOC1)c1cccs1. The van der Waals surface area contributed by atoms with E-state index in [1.54, 1.807) is 0 Å². The third-order valence-corrected chi connectivity index (χ3v) is 4.19. The van der Waals surface area contributed by atoms with Crippen molar-refractivity contribution in [3.63, 3.8) is 0 Å². The largest absolute Gasteiger partial charge is 0.380 e. The van der Waals surface area contributed by atoms with Gasteiger partial charge in [0.2, 0.25) is 0 Å². The fraction of sp³-hybridized carbons (Fsp3) is 0.667. The zero-order valence-corrected chi connectivity index (χ0v) is 10.3. The van der Waals surface area contributed by atoms with Gasteiger partial charge in [-0.2, -0.15) is 0 Å². The fourth-order valence-electron chi connectivity index (χ4n) is 1.85. The van der Waals surface area contributed by atoms with Crippen LogP contribution in [0.3, 0.4) is 0 Å². The lowest BCUT2D eigenvalue weighted by Crippen LogP contribution is -2.39. The highest BCUT2D eigenvalue weighted by Crippen LogP contribution is 2.26. The van der Waals surface area contributed by atoms with Crippen molar-refractivity contribution in [2.75, 3.05) is 19.8 Å². The van der Waals surface area contributed by atoms with Gasteiger partial charge in [-0.3, -0.25) is 0 Å². The molecule has 2 heterocycles. The molecule has 1 fully saturated rings. The van der Waals surface area contributed by atoms with Crippen LogP contribution < -0.4 is 5.32 Å². The summed E-state index contributed by atoms with van der Waals surface area (Å²) in [6.07, 6.45) is 1.15. The van der Waals surface area contributed by atoms with Crippen LogP contribution in [0.15, 0.2) is 17.5 Å². The van der Waals surface area contributed by atoms with Crippen molar-refractivity contribution in [3.8, 4) is 0 Å². The summed E-state index contributed by atoms with van der Waals surface area (Å²) in [5, 5.41) is 5.74. The third kappa shape index (κ3) is 2.80. The van der Waals surface area contributed by atoms with Gasteiger partial charge in [-0.15, -0.1) is 11.3 Å². The summed E-state index contributed by atoms with van der Waals surface area (Å²) in [5.74, 6) is 0. The number of hydrogen-bond acceptors (Lipinski definition) is 3. The first-order valence-corrected chi connectivity index (χ1v) is 6.41. The van der Waals surface area contributed by atoms with E-state index in [0.29, 0.717) is 6.04 Å². The minimum absolute atomic E-state index is 0.233. The van der Waals surface area contributed by atoms with Crippen LogP contribution in [0.5, 0.6) is 0 Å². The van der Waals surface area contributed by atoms with Gasteiger partial charge in [0, 0.05) is 29.5 Å². The number of ether oxygens (including phenoxy) is 1. The van der Waals surface area contributed by atoms with Crippen LogP contribution in [-0.4, -0.2) is 25.8 Å². The molecule has 2 rings (SSSR count). The Morgan fingerprint density at radius 1 is 1.60 bits per heavy atom. The standard InChI is InChI=1S/C12H19NOS/c1-12(2,11-4-3-7-15-11)9-13-10-5-6-14-8-10/h3-4,7,10,13H,5-6,8-9H2,1-2H3. The highest BCUT2D eigenvalue weighted by atomic mass is 32.1. The van der Waals surface area contributed by atoms with Gasteiger partial charge in [-0.1, -0.05) is 19.9 Å². The van der Waals surface area contributed by atoms with Crippen LogP contribution in [-0.2, 0) is 10.2 Å². The molecular formula is C12H19NOS. The maximum atomic E-state index is 5.35. The Labute approximate surface area is 95.6 Å². The minimum Gasteiger partial charge on any atom is -0.380 e. The summed E-state index contributed by atoms with van der Waals surface area (Å²) in [4.78, 5) is 1.45. The topological polar surface area (TPSA) is 21.3 Å². The normalized spacial score (nSPS) is 22.1. The Kier molecular flexibility index (Phi) is 3.44. The minimum atomic E-state index is 0.233. The molecule has 0 amide bonds. The van der Waals surface area contributed by atoms with Gasteiger partial charge in [-0.25, -0.2) is 0 Å². The molecule has 15 heavy (non-hydrogen) atoms. The van der Waals surface area contributed by atoms with Crippen LogP contribution in [0.1, 0.15) is 25.1 Å². The second-order valence-electron chi connectivity index (χ2n) is 4.80. The van der Waals surface area contributed by atoms with Gasteiger partial charge in [0.1, 0.15) is 0 Å². The summed E-state index contributed by atoms with van der Waals surface area (Å²) in [7, 11) is 0. The van der Waals surface area contributed by atoms with Gasteiger partial charge in [-0.05, 0) is 17.9 Å². The maximum absolute atomic E-state index is 5.35. The average Bonchev–Trinajstić information content (AvgIpc) is 2.88. The van der Waals surface area contributed by atoms with Gasteiger partial charge < -0.3 is 10.1 Å². The van der Waals surface area contributed by atoms with Gasteiger partial charge in [0.05, 0.1) is 6.61 Å². The molecule has 1 N–H and O–H groups in total. The lowest BCUT2D eigenvalue weighted by molar-refractivity contribution is 0.189. The Bertz CT molecular complexity index is 289. The Balaban J connectivity index is 1.87. The number of nitrogens with one attached hydrogen (secondary N) is 1. The first-order valence-electron chi connectivity index (χ1n) is 5.53. The van der Waals surface area contributed by atoms with Gasteiger partial charge in [0.15, 0.2) is 0 Å². The lowest BCUT2D eigenvalue weighted by Gasteiger charge is -2.25. The number of hydrogen-bond donors (Lipinski definition) is 1. The van der Waals surface area contributed by atoms with Crippen molar-refractivity contribution < 1.29 is 4.74 Å². The molecule has 1 aromatic heterocycles. The monoisotopic (exact) mass is 225 g/mol. The van der Waals surface area contributed by atoms with E-state index in [-0.39, 0.29) is 5.41 Å². The van der Waals surface area contributed by atoms with Gasteiger partial charge >= 0.3 is 0 Å². The van der Waals surface area contributed by atoms with Crippen molar-refractivity contribution in [1.29, 1.82) is 0 Å². The van der Waals surface area contributed by atoms with Crippen molar-refractivity contribution in [2.24, 2.45) is 0 Å². The molecule has 3 heteroatoms. The summed E-state index contributed by atoms with van der Waals surface area (Å²) in [6.45, 7) is 7.41.